The van der Waals surface area contributed by atoms with Gasteiger partial charge in [0, 0.05) is 29.2 Å². The molecule has 1 amide bonds. The highest BCUT2D eigenvalue weighted by molar-refractivity contribution is 6.24. The number of likely N-dealkylation sites (N-methyl/N-ethyl adjacent to an activating group) is 1. The number of allylic oxidation sites excluding steroid dienone is 1. The molecule has 3 aliphatic rings. The number of hydrogen-bond acceptors (Lipinski definition) is 10. The number of aliphatic hydroxyl groups excluding tert-OH is 2. The third-order valence-corrected chi connectivity index (χ3v) is 8.29. The van der Waals surface area contributed by atoms with Crippen molar-refractivity contribution >= 4 is 17.5 Å². The maximum atomic E-state index is 13.8. The first-order chi connectivity index (χ1) is 18.3. The van der Waals surface area contributed by atoms with Crippen molar-refractivity contribution in [3.8, 4) is 11.5 Å². The number of unbranched alkanes of at least 4 members (excludes halogenated alkanes) is 1. The van der Waals surface area contributed by atoms with Crippen LogP contribution in [0.4, 0.5) is 0 Å². The molecule has 4 atom stereocenters. The second-order valence-corrected chi connectivity index (χ2v) is 11.0. The van der Waals surface area contributed by atoms with Gasteiger partial charge in [0.15, 0.2) is 11.4 Å². The van der Waals surface area contributed by atoms with Crippen LogP contribution < -0.4 is 10.5 Å². The minimum absolute atomic E-state index is 0.0241. The molecule has 212 valence electrons. The summed E-state index contributed by atoms with van der Waals surface area (Å²) in [6.07, 6.45) is 2.23. The van der Waals surface area contributed by atoms with E-state index < -0.39 is 58.0 Å². The van der Waals surface area contributed by atoms with Crippen LogP contribution in [-0.2, 0) is 22.6 Å². The summed E-state index contributed by atoms with van der Waals surface area (Å²) in [5, 5.41) is 44.9. The van der Waals surface area contributed by atoms with Crippen LogP contribution in [0.15, 0.2) is 28.7 Å². The average Bonchev–Trinajstić information content (AvgIpc) is 2.84. The molecular weight excluding hydrogens is 506 g/mol. The maximum Gasteiger partial charge on any atom is 0.255 e. The molecular formula is C28H37N3O8. The molecule has 0 saturated heterocycles. The Balaban J connectivity index is 1.87. The van der Waals surface area contributed by atoms with Crippen LogP contribution in [-0.4, -0.2) is 94.1 Å². The Hall–Kier alpha value is -3.41. The second-order valence-electron chi connectivity index (χ2n) is 11.0. The summed E-state index contributed by atoms with van der Waals surface area (Å²) in [6, 6.07) is 0.431. The van der Waals surface area contributed by atoms with Gasteiger partial charge in [0.25, 0.3) is 5.91 Å². The molecule has 3 aliphatic carbocycles. The minimum atomic E-state index is -2.66. The molecule has 4 rings (SSSR count). The largest absolute Gasteiger partial charge is 0.510 e. The van der Waals surface area contributed by atoms with Gasteiger partial charge in [0.05, 0.1) is 18.7 Å². The Morgan fingerprint density at radius 3 is 2.44 bits per heavy atom. The van der Waals surface area contributed by atoms with Crippen molar-refractivity contribution in [3.63, 3.8) is 0 Å². The Kier molecular flexibility index (Phi) is 7.54. The summed E-state index contributed by atoms with van der Waals surface area (Å²) in [7, 11) is 6.63. The van der Waals surface area contributed by atoms with Crippen molar-refractivity contribution in [1.82, 2.24) is 9.80 Å². The van der Waals surface area contributed by atoms with E-state index in [0.29, 0.717) is 23.4 Å². The van der Waals surface area contributed by atoms with Gasteiger partial charge >= 0.3 is 0 Å². The topological polar surface area (TPSA) is 174 Å². The lowest BCUT2D eigenvalue weighted by atomic mass is 9.58. The zero-order valence-electron chi connectivity index (χ0n) is 22.9. The Bertz CT molecular complexity index is 1300. The summed E-state index contributed by atoms with van der Waals surface area (Å²) in [6.45, 7) is 3.41. The van der Waals surface area contributed by atoms with E-state index in [1.54, 1.807) is 14.1 Å². The number of hydrogen-bond donors (Lipinski definition) is 5. The zero-order chi connectivity index (χ0) is 29.0. The van der Waals surface area contributed by atoms with Gasteiger partial charge < -0.3 is 35.8 Å². The van der Waals surface area contributed by atoms with Crippen LogP contribution in [0, 0.1) is 11.8 Å². The fraction of sp³-hybridized carbons (Fsp3) is 0.536. The molecule has 39 heavy (non-hydrogen) atoms. The number of aliphatic hydroxyl groups is 3. The predicted molar refractivity (Wildman–Crippen MR) is 141 cm³/mol. The number of phenolic OH excluding ortho intramolecular Hbond substituents is 1. The smallest absolute Gasteiger partial charge is 0.255 e. The zero-order valence-corrected chi connectivity index (χ0v) is 22.9. The van der Waals surface area contributed by atoms with Crippen LogP contribution in [0.3, 0.4) is 0 Å². The molecule has 0 radical (unpaired) electrons. The van der Waals surface area contributed by atoms with Gasteiger partial charge in [-0.05, 0) is 58.9 Å². The summed E-state index contributed by atoms with van der Waals surface area (Å²) in [5.41, 5.74) is 2.80. The monoisotopic (exact) mass is 543 g/mol. The lowest BCUT2D eigenvalue weighted by molar-refractivity contribution is -0.148. The standard InChI is InChI=1S/C28H37N3O8/c1-6-7-8-31(4)12-14-11-17(32)19-15(24(14)39-5)9-13-10-16-21(30(2)3)23(34)20(27(29)37)26(36)28(16,38)25(35)18(13)22(19)33/h11,13,16,21,32,34-35,38H,6-10,12H2,1-5H3,(H2,29,37)/t13-,16-,21-,28-/m0/s1. The fourth-order valence-electron chi connectivity index (χ4n) is 6.53. The third kappa shape index (κ3) is 4.29. The molecule has 0 heterocycles. The minimum Gasteiger partial charge on any atom is -0.510 e. The Labute approximate surface area is 227 Å². The van der Waals surface area contributed by atoms with Gasteiger partial charge in [-0.3, -0.25) is 19.3 Å². The maximum absolute atomic E-state index is 13.8. The molecule has 1 aromatic carbocycles. The molecule has 0 spiro atoms. The van der Waals surface area contributed by atoms with E-state index in [9.17, 15) is 34.8 Å². The highest BCUT2D eigenvalue weighted by atomic mass is 16.5. The number of amides is 1. The number of carbonyl (C=O) groups excluding carboxylic acids is 3. The van der Waals surface area contributed by atoms with E-state index in [1.807, 2.05) is 7.05 Å². The third-order valence-electron chi connectivity index (χ3n) is 8.29. The summed E-state index contributed by atoms with van der Waals surface area (Å²) in [5.74, 6) is -6.30. The van der Waals surface area contributed by atoms with Crippen molar-refractivity contribution in [3.05, 3.63) is 45.4 Å². The quantitative estimate of drug-likeness (QED) is 0.301. The number of benzene rings is 1. The SMILES string of the molecule is CCCCN(C)Cc1cc(O)c2c(c1OC)C[C@H]1C[C@H]3[C@H](N(C)C)C(O)=C(C(N)=O)C(=O)[C@@]3(O)C(O)=C1C2=O. The number of carbonyl (C=O) groups is 3. The van der Waals surface area contributed by atoms with Crippen molar-refractivity contribution in [2.24, 2.45) is 17.6 Å². The van der Waals surface area contributed by atoms with E-state index >= 15 is 0 Å². The van der Waals surface area contributed by atoms with Crippen molar-refractivity contribution in [2.75, 3.05) is 34.8 Å². The van der Waals surface area contributed by atoms with Gasteiger partial charge in [-0.2, -0.15) is 0 Å². The molecule has 0 unspecified atom stereocenters. The van der Waals surface area contributed by atoms with E-state index in [2.05, 4.69) is 11.8 Å². The summed E-state index contributed by atoms with van der Waals surface area (Å²) < 4.78 is 5.74. The fourth-order valence-corrected chi connectivity index (χ4v) is 6.53. The lowest BCUT2D eigenvalue weighted by Crippen LogP contribution is -2.63. The van der Waals surface area contributed by atoms with Crippen LogP contribution in [0.2, 0.25) is 0 Å². The van der Waals surface area contributed by atoms with E-state index in [-0.39, 0.29) is 29.7 Å². The lowest BCUT2D eigenvalue weighted by Gasteiger charge is -2.50. The van der Waals surface area contributed by atoms with E-state index in [0.717, 1.165) is 19.4 Å². The predicted octanol–water partition coefficient (Wildman–Crippen LogP) is 1.36. The number of fused-ring (bicyclic) bond motifs is 3. The normalized spacial score (nSPS) is 26.6. The molecule has 0 bridgehead atoms. The number of aromatic hydroxyl groups is 1. The first-order valence-electron chi connectivity index (χ1n) is 13.1. The first-order valence-corrected chi connectivity index (χ1v) is 13.1. The molecule has 0 fully saturated rings. The van der Waals surface area contributed by atoms with Gasteiger partial charge in [-0.15, -0.1) is 0 Å². The molecule has 0 saturated carbocycles. The average molecular weight is 544 g/mol. The molecule has 11 heteroatoms. The number of rotatable bonds is 8. The number of ketones is 2. The second kappa shape index (κ2) is 10.3. The molecule has 0 aromatic heterocycles. The van der Waals surface area contributed by atoms with Crippen molar-refractivity contribution in [2.45, 2.75) is 50.8 Å². The molecule has 11 nitrogen and oxygen atoms in total. The Morgan fingerprint density at radius 2 is 1.87 bits per heavy atom. The van der Waals surface area contributed by atoms with Gasteiger partial charge in [0.1, 0.15) is 28.6 Å². The molecule has 1 aromatic rings. The van der Waals surface area contributed by atoms with Crippen LogP contribution in [0.1, 0.15) is 47.7 Å². The van der Waals surface area contributed by atoms with Gasteiger partial charge in [-0.1, -0.05) is 13.3 Å². The first kappa shape index (κ1) is 28.6. The Morgan fingerprint density at radius 1 is 1.21 bits per heavy atom. The van der Waals surface area contributed by atoms with Crippen LogP contribution >= 0.6 is 0 Å². The number of primary amides is 1. The summed E-state index contributed by atoms with van der Waals surface area (Å²) in [4.78, 5) is 42.9. The number of Topliss-reactive ketones (excluding diaryl/α,β-unsaturated/α-hetero) is 2. The van der Waals surface area contributed by atoms with Gasteiger partial charge in [-0.25, -0.2) is 0 Å². The van der Waals surface area contributed by atoms with E-state index in [4.69, 9.17) is 10.5 Å². The van der Waals surface area contributed by atoms with Crippen LogP contribution in [0.5, 0.6) is 11.5 Å². The number of ether oxygens (including phenoxy) is 1. The number of methoxy groups -OCH3 is 1. The highest BCUT2D eigenvalue weighted by Gasteiger charge is 2.63. The molecule has 6 N–H and O–H groups in total. The van der Waals surface area contributed by atoms with E-state index in [1.165, 1.54) is 18.1 Å². The van der Waals surface area contributed by atoms with Crippen molar-refractivity contribution < 1.29 is 39.5 Å². The van der Waals surface area contributed by atoms with Crippen LogP contribution in [0.25, 0.3) is 0 Å². The molecule has 0 aliphatic heterocycles. The van der Waals surface area contributed by atoms with Gasteiger partial charge in [0.2, 0.25) is 5.78 Å². The van der Waals surface area contributed by atoms with Crippen molar-refractivity contribution in [1.29, 1.82) is 0 Å². The number of nitrogens with zero attached hydrogens (tertiary/aromatic N) is 2. The number of nitrogens with two attached hydrogens (primary N) is 1. The summed E-state index contributed by atoms with van der Waals surface area (Å²) >= 11 is 0. The highest BCUT2D eigenvalue weighted by Crippen LogP contribution is 2.53. The number of phenols is 1.